The van der Waals surface area contributed by atoms with Crippen LogP contribution >= 0.6 is 0 Å². The molecule has 102 valence electrons. The summed E-state index contributed by atoms with van der Waals surface area (Å²) in [7, 11) is 1.87. The van der Waals surface area contributed by atoms with Crippen LogP contribution < -0.4 is 4.90 Å². The maximum absolute atomic E-state index is 13.8. The Bertz CT molecular complexity index is 563. The molecule has 0 fully saturated rings. The fourth-order valence-electron chi connectivity index (χ4n) is 2.19. The fraction of sp³-hybridized carbons (Fsp3) is 0.333. The third-order valence-corrected chi connectivity index (χ3v) is 3.23. The van der Waals surface area contributed by atoms with Crippen LogP contribution in [0.2, 0.25) is 0 Å². The molecule has 0 amide bonds. The molecule has 0 bridgehead atoms. The molecular weight excluding hydrogens is 245 g/mol. The van der Waals surface area contributed by atoms with Crippen molar-refractivity contribution >= 4 is 5.69 Å². The van der Waals surface area contributed by atoms with Crippen LogP contribution in [0.3, 0.4) is 0 Å². The van der Waals surface area contributed by atoms with Gasteiger partial charge in [-0.05, 0) is 32.0 Å². The first-order chi connectivity index (χ1) is 9.00. The maximum Gasteiger partial charge on any atom is 0.131 e. The lowest BCUT2D eigenvalue weighted by atomic mass is 10.1. The number of halogens is 1. The quantitative estimate of drug-likeness (QED) is 0.918. The van der Waals surface area contributed by atoms with Gasteiger partial charge in [-0.25, -0.2) is 4.39 Å². The monoisotopic (exact) mass is 263 g/mol. The SMILES string of the molecule is Cc1occc1CN(C)c1cccc(F)c1C(C)O. The number of hydrogen-bond acceptors (Lipinski definition) is 3. The van der Waals surface area contributed by atoms with Crippen molar-refractivity contribution < 1.29 is 13.9 Å². The molecule has 2 aromatic rings. The van der Waals surface area contributed by atoms with E-state index >= 15 is 0 Å². The molecule has 1 atom stereocenters. The summed E-state index contributed by atoms with van der Waals surface area (Å²) < 4.78 is 19.1. The number of rotatable bonds is 4. The summed E-state index contributed by atoms with van der Waals surface area (Å²) in [4.78, 5) is 1.91. The van der Waals surface area contributed by atoms with Crippen molar-refractivity contribution in [3.05, 3.63) is 53.2 Å². The Morgan fingerprint density at radius 1 is 1.37 bits per heavy atom. The number of benzene rings is 1. The molecule has 3 nitrogen and oxygen atoms in total. The summed E-state index contributed by atoms with van der Waals surface area (Å²) in [6, 6.07) is 6.71. The fourth-order valence-corrected chi connectivity index (χ4v) is 2.19. The van der Waals surface area contributed by atoms with Crippen molar-refractivity contribution in [2.45, 2.75) is 26.5 Å². The van der Waals surface area contributed by atoms with E-state index in [1.807, 2.05) is 24.9 Å². The molecule has 1 aromatic heterocycles. The van der Waals surface area contributed by atoms with Crippen LogP contribution in [0, 0.1) is 12.7 Å². The number of aliphatic hydroxyl groups is 1. The maximum atomic E-state index is 13.8. The molecule has 1 aromatic carbocycles. The van der Waals surface area contributed by atoms with Gasteiger partial charge in [-0.1, -0.05) is 6.07 Å². The van der Waals surface area contributed by atoms with Crippen molar-refractivity contribution in [3.8, 4) is 0 Å². The van der Waals surface area contributed by atoms with Crippen molar-refractivity contribution in [3.63, 3.8) is 0 Å². The predicted molar refractivity (Wildman–Crippen MR) is 72.6 cm³/mol. The van der Waals surface area contributed by atoms with Gasteiger partial charge < -0.3 is 14.4 Å². The van der Waals surface area contributed by atoms with Crippen LogP contribution in [0.4, 0.5) is 10.1 Å². The van der Waals surface area contributed by atoms with E-state index in [9.17, 15) is 9.50 Å². The second kappa shape index (κ2) is 5.45. The number of nitrogens with zero attached hydrogens (tertiary/aromatic N) is 1. The average Bonchev–Trinajstić information content (AvgIpc) is 2.74. The summed E-state index contributed by atoms with van der Waals surface area (Å²) in [5, 5.41) is 9.73. The summed E-state index contributed by atoms with van der Waals surface area (Å²) >= 11 is 0. The molecule has 0 saturated carbocycles. The summed E-state index contributed by atoms with van der Waals surface area (Å²) in [5.74, 6) is 0.463. The van der Waals surface area contributed by atoms with Crippen LogP contribution in [0.25, 0.3) is 0 Å². The van der Waals surface area contributed by atoms with Crippen LogP contribution in [0.1, 0.15) is 29.9 Å². The molecule has 2 rings (SSSR count). The summed E-state index contributed by atoms with van der Waals surface area (Å²) in [5.41, 5.74) is 2.06. The summed E-state index contributed by atoms with van der Waals surface area (Å²) in [6.45, 7) is 4.06. The van der Waals surface area contributed by atoms with E-state index in [-0.39, 0.29) is 5.82 Å². The number of aliphatic hydroxyl groups excluding tert-OH is 1. The second-order valence-corrected chi connectivity index (χ2v) is 4.71. The molecule has 0 radical (unpaired) electrons. The Kier molecular flexibility index (Phi) is 3.90. The van der Waals surface area contributed by atoms with E-state index in [0.29, 0.717) is 17.8 Å². The Morgan fingerprint density at radius 2 is 2.11 bits per heavy atom. The minimum absolute atomic E-state index is 0.325. The van der Waals surface area contributed by atoms with Crippen LogP contribution in [0.15, 0.2) is 34.9 Å². The smallest absolute Gasteiger partial charge is 0.131 e. The van der Waals surface area contributed by atoms with E-state index < -0.39 is 6.10 Å². The summed E-state index contributed by atoms with van der Waals surface area (Å²) in [6.07, 6.45) is 0.795. The topological polar surface area (TPSA) is 36.6 Å². The Hall–Kier alpha value is -1.81. The minimum atomic E-state index is -0.843. The third-order valence-electron chi connectivity index (χ3n) is 3.23. The average molecular weight is 263 g/mol. The molecule has 4 heteroatoms. The van der Waals surface area contributed by atoms with Gasteiger partial charge >= 0.3 is 0 Å². The Morgan fingerprint density at radius 3 is 2.68 bits per heavy atom. The van der Waals surface area contributed by atoms with Gasteiger partial charge in [0, 0.05) is 30.4 Å². The molecule has 0 aliphatic heterocycles. The number of aryl methyl sites for hydroxylation is 1. The molecule has 0 saturated heterocycles. The number of anilines is 1. The molecule has 0 spiro atoms. The van der Waals surface area contributed by atoms with E-state index in [1.165, 1.54) is 6.07 Å². The van der Waals surface area contributed by atoms with Gasteiger partial charge in [0.15, 0.2) is 0 Å². The highest BCUT2D eigenvalue weighted by molar-refractivity contribution is 5.55. The molecule has 1 unspecified atom stereocenters. The Balaban J connectivity index is 2.31. The van der Waals surface area contributed by atoms with E-state index in [4.69, 9.17) is 4.42 Å². The number of hydrogen-bond donors (Lipinski definition) is 1. The van der Waals surface area contributed by atoms with E-state index in [2.05, 4.69) is 0 Å². The highest BCUT2D eigenvalue weighted by Gasteiger charge is 2.17. The van der Waals surface area contributed by atoms with Crippen molar-refractivity contribution in [2.75, 3.05) is 11.9 Å². The lowest BCUT2D eigenvalue weighted by Crippen LogP contribution is -2.19. The second-order valence-electron chi connectivity index (χ2n) is 4.71. The largest absolute Gasteiger partial charge is 0.469 e. The lowest BCUT2D eigenvalue weighted by Gasteiger charge is -2.23. The van der Waals surface area contributed by atoms with Gasteiger partial charge in [0.05, 0.1) is 12.4 Å². The zero-order valence-electron chi connectivity index (χ0n) is 11.4. The van der Waals surface area contributed by atoms with E-state index in [1.54, 1.807) is 25.3 Å². The first-order valence-electron chi connectivity index (χ1n) is 6.21. The molecule has 1 heterocycles. The predicted octanol–water partition coefficient (Wildman–Crippen LogP) is 3.42. The zero-order valence-corrected chi connectivity index (χ0v) is 11.4. The van der Waals surface area contributed by atoms with Crippen LogP contribution in [-0.4, -0.2) is 12.2 Å². The van der Waals surface area contributed by atoms with Gasteiger partial charge in [0.1, 0.15) is 11.6 Å². The highest BCUT2D eigenvalue weighted by Crippen LogP contribution is 2.29. The molecular formula is C15H18FNO2. The highest BCUT2D eigenvalue weighted by atomic mass is 19.1. The third kappa shape index (κ3) is 2.79. The van der Waals surface area contributed by atoms with Crippen LogP contribution in [-0.2, 0) is 6.54 Å². The van der Waals surface area contributed by atoms with Gasteiger partial charge in [0.25, 0.3) is 0 Å². The Labute approximate surface area is 112 Å². The molecule has 19 heavy (non-hydrogen) atoms. The van der Waals surface area contributed by atoms with Crippen molar-refractivity contribution in [2.24, 2.45) is 0 Å². The van der Waals surface area contributed by atoms with Gasteiger partial charge in [-0.3, -0.25) is 0 Å². The number of furan rings is 1. The van der Waals surface area contributed by atoms with Gasteiger partial charge in [-0.2, -0.15) is 0 Å². The van der Waals surface area contributed by atoms with Gasteiger partial charge in [-0.15, -0.1) is 0 Å². The molecule has 0 aliphatic rings. The minimum Gasteiger partial charge on any atom is -0.469 e. The zero-order chi connectivity index (χ0) is 14.0. The van der Waals surface area contributed by atoms with E-state index in [0.717, 1.165) is 11.3 Å². The first-order valence-corrected chi connectivity index (χ1v) is 6.21. The van der Waals surface area contributed by atoms with Crippen molar-refractivity contribution in [1.82, 2.24) is 0 Å². The molecule has 1 N–H and O–H groups in total. The van der Waals surface area contributed by atoms with Crippen molar-refractivity contribution in [1.29, 1.82) is 0 Å². The van der Waals surface area contributed by atoms with Crippen LogP contribution in [0.5, 0.6) is 0 Å². The first kappa shape index (κ1) is 13.6. The normalized spacial score (nSPS) is 12.5. The lowest BCUT2D eigenvalue weighted by molar-refractivity contribution is 0.194. The van der Waals surface area contributed by atoms with Gasteiger partial charge in [0.2, 0.25) is 0 Å². The standard InChI is InChI=1S/C15H18FNO2/c1-10(18)15-13(16)5-4-6-14(15)17(3)9-12-7-8-19-11(12)2/h4-8,10,18H,9H2,1-3H3. The molecule has 0 aliphatic carbocycles.